The molecular weight excluding hydrogens is 205 g/mol. The van der Waals surface area contributed by atoms with Crippen molar-refractivity contribution in [3.8, 4) is 16.9 Å². The van der Waals surface area contributed by atoms with Crippen LogP contribution in [-0.4, -0.2) is 7.11 Å². The first kappa shape index (κ1) is 10.5. The molecule has 0 fully saturated rings. The first-order valence-electron chi connectivity index (χ1n) is 4.90. The second-order valence-corrected chi connectivity index (χ2v) is 3.47. The number of nitrogen functional groups attached to an aromatic ring is 1. The summed E-state index contributed by atoms with van der Waals surface area (Å²) in [5.74, 6) is -0.130. The molecule has 0 aliphatic heterocycles. The number of hydrogen-bond acceptors (Lipinski definition) is 2. The minimum absolute atomic E-state index is 0.243. The lowest BCUT2D eigenvalue weighted by atomic mass is 10.0. The van der Waals surface area contributed by atoms with Crippen molar-refractivity contribution in [1.82, 2.24) is 0 Å². The molecule has 0 heterocycles. The predicted octanol–water partition coefficient (Wildman–Crippen LogP) is 3.08. The van der Waals surface area contributed by atoms with E-state index >= 15 is 0 Å². The lowest BCUT2D eigenvalue weighted by Crippen LogP contribution is -1.89. The van der Waals surface area contributed by atoms with Crippen molar-refractivity contribution in [3.05, 3.63) is 48.3 Å². The first-order chi connectivity index (χ1) is 7.70. The van der Waals surface area contributed by atoms with Gasteiger partial charge in [0.25, 0.3) is 0 Å². The third-order valence-corrected chi connectivity index (χ3v) is 2.37. The highest BCUT2D eigenvalue weighted by Gasteiger charge is 2.04. The fraction of sp³-hybridized carbons (Fsp3) is 0.0769. The maximum absolute atomic E-state index is 13.5. The van der Waals surface area contributed by atoms with E-state index in [9.17, 15) is 4.39 Å². The molecule has 0 saturated carbocycles. The molecule has 0 atom stereocenters. The van der Waals surface area contributed by atoms with E-state index in [0.717, 1.165) is 11.1 Å². The summed E-state index contributed by atoms with van der Waals surface area (Å²) < 4.78 is 18.3. The van der Waals surface area contributed by atoms with E-state index in [1.165, 1.54) is 13.2 Å². The van der Waals surface area contributed by atoms with Crippen LogP contribution in [-0.2, 0) is 0 Å². The Hall–Kier alpha value is -2.03. The number of benzene rings is 2. The Morgan fingerprint density at radius 2 is 1.81 bits per heavy atom. The van der Waals surface area contributed by atoms with Crippen LogP contribution in [0.5, 0.6) is 5.75 Å². The molecule has 0 radical (unpaired) electrons. The summed E-state index contributed by atoms with van der Waals surface area (Å²) in [6, 6.07) is 12.2. The molecule has 0 amide bonds. The topological polar surface area (TPSA) is 35.2 Å². The molecule has 0 spiro atoms. The van der Waals surface area contributed by atoms with E-state index in [4.69, 9.17) is 10.5 Å². The largest absolute Gasteiger partial charge is 0.494 e. The maximum Gasteiger partial charge on any atom is 0.165 e. The van der Waals surface area contributed by atoms with Gasteiger partial charge >= 0.3 is 0 Å². The summed E-state index contributed by atoms with van der Waals surface area (Å²) in [4.78, 5) is 0. The van der Waals surface area contributed by atoms with Gasteiger partial charge in [-0.2, -0.15) is 0 Å². The standard InChI is InChI=1S/C13H12FNO/c1-16-13-6-5-10(8-12(13)14)9-3-2-4-11(15)7-9/h2-8H,15H2,1H3. The molecule has 2 aromatic rings. The molecule has 3 heteroatoms. The number of ether oxygens (including phenoxy) is 1. The molecule has 0 bridgehead atoms. The fourth-order valence-corrected chi connectivity index (χ4v) is 1.56. The van der Waals surface area contributed by atoms with E-state index in [1.54, 1.807) is 24.3 Å². The Kier molecular flexibility index (Phi) is 2.77. The summed E-state index contributed by atoms with van der Waals surface area (Å²) in [6.45, 7) is 0. The second kappa shape index (κ2) is 4.23. The van der Waals surface area contributed by atoms with Crippen LogP contribution in [0.2, 0.25) is 0 Å². The van der Waals surface area contributed by atoms with Crippen molar-refractivity contribution in [2.75, 3.05) is 12.8 Å². The average molecular weight is 217 g/mol. The monoisotopic (exact) mass is 217 g/mol. The minimum Gasteiger partial charge on any atom is -0.494 e. The zero-order valence-corrected chi connectivity index (χ0v) is 8.91. The summed E-state index contributed by atoms with van der Waals surface area (Å²) in [5, 5.41) is 0. The zero-order valence-electron chi connectivity index (χ0n) is 8.91. The summed E-state index contributed by atoms with van der Waals surface area (Å²) in [5.41, 5.74) is 8.01. The molecule has 2 nitrogen and oxygen atoms in total. The van der Waals surface area contributed by atoms with Gasteiger partial charge in [0.15, 0.2) is 11.6 Å². The van der Waals surface area contributed by atoms with E-state index < -0.39 is 0 Å². The molecule has 0 unspecified atom stereocenters. The van der Waals surface area contributed by atoms with Crippen molar-refractivity contribution < 1.29 is 9.13 Å². The smallest absolute Gasteiger partial charge is 0.165 e. The zero-order chi connectivity index (χ0) is 11.5. The van der Waals surface area contributed by atoms with Crippen LogP contribution < -0.4 is 10.5 Å². The lowest BCUT2D eigenvalue weighted by Gasteiger charge is -2.06. The lowest BCUT2D eigenvalue weighted by molar-refractivity contribution is 0.386. The van der Waals surface area contributed by atoms with Gasteiger partial charge in [0, 0.05) is 5.69 Å². The molecule has 82 valence electrons. The number of hydrogen-bond donors (Lipinski definition) is 1. The maximum atomic E-state index is 13.5. The summed E-state index contributed by atoms with van der Waals surface area (Å²) in [6.07, 6.45) is 0. The van der Waals surface area contributed by atoms with Crippen LogP contribution >= 0.6 is 0 Å². The molecule has 0 aliphatic carbocycles. The number of methoxy groups -OCH3 is 1. The average Bonchev–Trinajstić information content (AvgIpc) is 2.29. The van der Waals surface area contributed by atoms with Crippen molar-refractivity contribution in [2.24, 2.45) is 0 Å². The van der Waals surface area contributed by atoms with Crippen molar-refractivity contribution in [2.45, 2.75) is 0 Å². The van der Waals surface area contributed by atoms with Gasteiger partial charge < -0.3 is 10.5 Å². The minimum atomic E-state index is -0.373. The fourth-order valence-electron chi connectivity index (χ4n) is 1.56. The van der Waals surface area contributed by atoms with Gasteiger partial charge in [-0.25, -0.2) is 4.39 Å². The molecule has 16 heavy (non-hydrogen) atoms. The Morgan fingerprint density at radius 1 is 1.06 bits per heavy atom. The normalized spacial score (nSPS) is 10.1. The third kappa shape index (κ3) is 1.98. The molecule has 2 N–H and O–H groups in total. The van der Waals surface area contributed by atoms with Gasteiger partial charge in [-0.05, 0) is 35.4 Å². The number of nitrogens with two attached hydrogens (primary N) is 1. The highest BCUT2D eigenvalue weighted by molar-refractivity contribution is 5.67. The Morgan fingerprint density at radius 3 is 2.44 bits per heavy atom. The van der Waals surface area contributed by atoms with Gasteiger partial charge in [-0.15, -0.1) is 0 Å². The van der Waals surface area contributed by atoms with Gasteiger partial charge in [0.1, 0.15) is 0 Å². The van der Waals surface area contributed by atoms with Crippen LogP contribution in [0.1, 0.15) is 0 Å². The van der Waals surface area contributed by atoms with E-state index in [1.807, 2.05) is 12.1 Å². The molecular formula is C13H12FNO. The van der Waals surface area contributed by atoms with Crippen LogP contribution in [0.25, 0.3) is 11.1 Å². The van der Waals surface area contributed by atoms with Crippen LogP contribution in [0.3, 0.4) is 0 Å². The Balaban J connectivity index is 2.45. The van der Waals surface area contributed by atoms with Crippen molar-refractivity contribution >= 4 is 5.69 Å². The molecule has 2 rings (SSSR count). The molecule has 0 saturated heterocycles. The van der Waals surface area contributed by atoms with Crippen LogP contribution in [0, 0.1) is 5.82 Å². The molecule has 2 aromatic carbocycles. The van der Waals surface area contributed by atoms with Crippen LogP contribution in [0.15, 0.2) is 42.5 Å². The van der Waals surface area contributed by atoms with Gasteiger partial charge in [0.2, 0.25) is 0 Å². The van der Waals surface area contributed by atoms with E-state index in [-0.39, 0.29) is 11.6 Å². The summed E-state index contributed by atoms with van der Waals surface area (Å²) >= 11 is 0. The highest BCUT2D eigenvalue weighted by atomic mass is 19.1. The van der Waals surface area contributed by atoms with E-state index in [2.05, 4.69) is 0 Å². The summed E-state index contributed by atoms with van der Waals surface area (Å²) in [7, 11) is 1.44. The second-order valence-electron chi connectivity index (χ2n) is 3.47. The highest BCUT2D eigenvalue weighted by Crippen LogP contribution is 2.26. The van der Waals surface area contributed by atoms with Gasteiger partial charge in [-0.3, -0.25) is 0 Å². The Bertz CT molecular complexity index is 511. The van der Waals surface area contributed by atoms with Gasteiger partial charge in [0.05, 0.1) is 7.11 Å². The number of anilines is 1. The first-order valence-corrected chi connectivity index (χ1v) is 4.90. The van der Waals surface area contributed by atoms with Gasteiger partial charge in [-0.1, -0.05) is 18.2 Å². The van der Waals surface area contributed by atoms with Crippen molar-refractivity contribution in [1.29, 1.82) is 0 Å². The Labute approximate surface area is 93.5 Å². The van der Waals surface area contributed by atoms with E-state index in [0.29, 0.717) is 5.69 Å². The molecule has 0 aromatic heterocycles. The number of halogens is 1. The third-order valence-electron chi connectivity index (χ3n) is 2.37. The van der Waals surface area contributed by atoms with Crippen LogP contribution in [0.4, 0.5) is 10.1 Å². The molecule has 0 aliphatic rings. The number of rotatable bonds is 2. The van der Waals surface area contributed by atoms with Crippen molar-refractivity contribution in [3.63, 3.8) is 0 Å². The SMILES string of the molecule is COc1ccc(-c2cccc(N)c2)cc1F. The quantitative estimate of drug-likeness (QED) is 0.784. The predicted molar refractivity (Wildman–Crippen MR) is 62.8 cm³/mol.